The average molecular weight is 341 g/mol. The van der Waals surface area contributed by atoms with E-state index in [1.54, 1.807) is 17.8 Å². The van der Waals surface area contributed by atoms with Crippen molar-refractivity contribution in [1.82, 2.24) is 9.55 Å². The van der Waals surface area contributed by atoms with E-state index < -0.39 is 0 Å². The van der Waals surface area contributed by atoms with E-state index in [0.29, 0.717) is 17.6 Å². The highest BCUT2D eigenvalue weighted by Crippen LogP contribution is 2.22. The molecule has 2 aromatic rings. The molecule has 1 aromatic heterocycles. The first-order valence-corrected chi connectivity index (χ1v) is 8.34. The van der Waals surface area contributed by atoms with Crippen LogP contribution in [0.25, 0.3) is 6.08 Å². The molecule has 0 unspecified atom stereocenters. The van der Waals surface area contributed by atoms with Gasteiger partial charge in [-0.3, -0.25) is 4.57 Å². The molecule has 1 aliphatic rings. The van der Waals surface area contributed by atoms with Crippen LogP contribution in [-0.4, -0.2) is 38.6 Å². The summed E-state index contributed by atoms with van der Waals surface area (Å²) in [5, 5.41) is 32.7. The number of aliphatic hydroxyl groups excluding tert-OH is 1. The van der Waals surface area contributed by atoms with E-state index in [9.17, 15) is 10.2 Å². The number of nitrogens with one attached hydrogen (secondary N) is 1. The van der Waals surface area contributed by atoms with Gasteiger partial charge in [-0.15, -0.1) is 0 Å². The lowest BCUT2D eigenvalue weighted by Gasteiger charge is -2.18. The van der Waals surface area contributed by atoms with Crippen LogP contribution in [0.4, 0.5) is 5.95 Å². The molecular formula is C18H23N5O2. The Morgan fingerprint density at radius 2 is 2.12 bits per heavy atom. The van der Waals surface area contributed by atoms with Gasteiger partial charge in [-0.25, -0.2) is 4.98 Å². The van der Waals surface area contributed by atoms with Crippen LogP contribution in [0.15, 0.2) is 28.4 Å². The van der Waals surface area contributed by atoms with Gasteiger partial charge in [0.25, 0.3) is 0 Å². The summed E-state index contributed by atoms with van der Waals surface area (Å²) in [7, 11) is 1.74. The summed E-state index contributed by atoms with van der Waals surface area (Å²) in [4.78, 5) is 4.47. The van der Waals surface area contributed by atoms with Gasteiger partial charge >= 0.3 is 0 Å². The summed E-state index contributed by atoms with van der Waals surface area (Å²) < 4.78 is 1.58. The normalized spacial score (nSPS) is 14.7. The minimum atomic E-state index is -0.105. The summed E-state index contributed by atoms with van der Waals surface area (Å²) in [6.45, 7) is 4.21. The van der Waals surface area contributed by atoms with E-state index in [4.69, 9.17) is 0 Å². The number of imidazole rings is 1. The molecule has 0 radical (unpaired) electrons. The van der Waals surface area contributed by atoms with E-state index in [1.165, 1.54) is 0 Å². The maximum Gasteiger partial charge on any atom is 0.220 e. The summed E-state index contributed by atoms with van der Waals surface area (Å²) in [5.74, 6) is 1.05. The Morgan fingerprint density at radius 3 is 2.84 bits per heavy atom. The minimum Gasteiger partial charge on any atom is -0.493 e. The highest BCUT2D eigenvalue weighted by Gasteiger charge is 2.16. The average Bonchev–Trinajstić information content (AvgIpc) is 3.14. The summed E-state index contributed by atoms with van der Waals surface area (Å²) in [5.41, 5.74) is 1.41. The highest BCUT2D eigenvalue weighted by atomic mass is 16.3. The Labute approximate surface area is 146 Å². The largest absolute Gasteiger partial charge is 0.493 e. The van der Waals surface area contributed by atoms with Crippen LogP contribution in [-0.2, 0) is 7.05 Å². The van der Waals surface area contributed by atoms with Crippen LogP contribution in [0.1, 0.15) is 31.5 Å². The Balaban J connectivity index is 1.90. The van der Waals surface area contributed by atoms with Crippen LogP contribution in [0.5, 0.6) is 5.88 Å². The molecule has 0 spiro atoms. The van der Waals surface area contributed by atoms with Crippen molar-refractivity contribution in [3.63, 3.8) is 0 Å². The molecule has 7 heteroatoms. The molecule has 0 fully saturated rings. The Kier molecular flexibility index (Phi) is 4.85. The third kappa shape index (κ3) is 3.71. The fraction of sp³-hybridized carbons (Fsp3) is 0.389. The number of fused-ring (bicyclic) bond motifs is 1. The first-order chi connectivity index (χ1) is 12.0. The molecule has 0 aliphatic carbocycles. The smallest absolute Gasteiger partial charge is 0.220 e. The third-order valence-corrected chi connectivity index (χ3v) is 4.12. The number of hydrogen-bond acceptors (Lipinski definition) is 6. The molecule has 1 atom stereocenters. The van der Waals surface area contributed by atoms with Gasteiger partial charge in [-0.1, -0.05) is 19.9 Å². The lowest BCUT2D eigenvalue weighted by molar-refractivity contribution is 0.258. The molecule has 0 bridgehead atoms. The molecule has 0 amide bonds. The molecule has 0 saturated carbocycles. The molecule has 1 aromatic carbocycles. The maximum absolute atomic E-state index is 10.4. The van der Waals surface area contributed by atoms with Gasteiger partial charge in [0.2, 0.25) is 11.8 Å². The van der Waals surface area contributed by atoms with Crippen LogP contribution in [0.3, 0.4) is 0 Å². The topological polar surface area (TPSA) is 95.0 Å². The van der Waals surface area contributed by atoms with E-state index in [-0.39, 0.29) is 18.5 Å². The lowest BCUT2D eigenvalue weighted by atomic mass is 10.0. The molecule has 3 rings (SSSR count). The van der Waals surface area contributed by atoms with Crippen molar-refractivity contribution in [3.05, 3.63) is 40.0 Å². The van der Waals surface area contributed by atoms with Gasteiger partial charge in [-0.2, -0.15) is 10.2 Å². The van der Waals surface area contributed by atoms with E-state index >= 15 is 0 Å². The van der Waals surface area contributed by atoms with Crippen LogP contribution < -0.4 is 15.9 Å². The number of nitrogens with zero attached hydrogens (tertiary/aromatic N) is 4. The monoisotopic (exact) mass is 341 g/mol. The van der Waals surface area contributed by atoms with Crippen molar-refractivity contribution in [2.45, 2.75) is 26.3 Å². The van der Waals surface area contributed by atoms with Crippen molar-refractivity contribution in [3.8, 4) is 5.88 Å². The van der Waals surface area contributed by atoms with Gasteiger partial charge in [0.15, 0.2) is 0 Å². The molecule has 0 saturated heterocycles. The summed E-state index contributed by atoms with van der Waals surface area (Å²) in [6.07, 6.45) is 4.33. The van der Waals surface area contributed by atoms with E-state index in [2.05, 4.69) is 34.4 Å². The summed E-state index contributed by atoms with van der Waals surface area (Å²) >= 11 is 0. The number of aliphatic hydroxyl groups is 1. The number of hydrogen-bond donors (Lipinski definition) is 3. The Bertz CT molecular complexity index is 914. The van der Waals surface area contributed by atoms with Crippen molar-refractivity contribution in [2.75, 3.05) is 11.9 Å². The molecular weight excluding hydrogens is 318 g/mol. The predicted octanol–water partition coefficient (Wildman–Crippen LogP) is 0.740. The van der Waals surface area contributed by atoms with Gasteiger partial charge in [0.05, 0.1) is 24.2 Å². The third-order valence-electron chi connectivity index (χ3n) is 4.12. The fourth-order valence-electron chi connectivity index (χ4n) is 2.84. The molecule has 132 valence electrons. The predicted molar refractivity (Wildman–Crippen MR) is 97.2 cm³/mol. The van der Waals surface area contributed by atoms with Crippen LogP contribution >= 0.6 is 0 Å². The standard InChI is InChI=1S/C18H23N5O2/c1-11(2)6-14(10-24)20-18-21-16(17(25)23(18)3)8-12-4-5-15-13(7-12)9-19-22-15/h4-5,7-9,11,14,24-25H,6,10H2,1-3H3,(H,20,21)/b12-8+/t14-/m1/s1. The second kappa shape index (κ2) is 7.06. The van der Waals surface area contributed by atoms with Gasteiger partial charge in [-0.05, 0) is 35.8 Å². The number of benzene rings is 1. The zero-order valence-corrected chi connectivity index (χ0v) is 14.6. The maximum atomic E-state index is 10.4. The fourth-order valence-corrected chi connectivity index (χ4v) is 2.84. The Morgan fingerprint density at radius 1 is 1.32 bits per heavy atom. The van der Waals surface area contributed by atoms with Crippen molar-refractivity contribution in [1.29, 1.82) is 0 Å². The molecule has 7 nitrogen and oxygen atoms in total. The first-order valence-electron chi connectivity index (χ1n) is 8.34. The lowest BCUT2D eigenvalue weighted by Crippen LogP contribution is -2.27. The highest BCUT2D eigenvalue weighted by molar-refractivity contribution is 5.80. The number of aromatic hydroxyl groups is 1. The SMILES string of the molecule is CC(C)C[C@H](CO)Nc1nc(/C=c2\ccc3c(c2)C=NN=3)c(O)n1C. The van der Waals surface area contributed by atoms with Gasteiger partial charge in [0, 0.05) is 12.6 Å². The van der Waals surface area contributed by atoms with Crippen molar-refractivity contribution >= 4 is 18.2 Å². The van der Waals surface area contributed by atoms with Crippen molar-refractivity contribution in [2.24, 2.45) is 23.2 Å². The van der Waals surface area contributed by atoms with Gasteiger partial charge in [0.1, 0.15) is 5.69 Å². The second-order valence-corrected chi connectivity index (χ2v) is 6.66. The number of rotatable bonds is 6. The van der Waals surface area contributed by atoms with E-state index in [0.717, 1.165) is 22.6 Å². The summed E-state index contributed by atoms with van der Waals surface area (Å²) in [6, 6.07) is 5.64. The zero-order chi connectivity index (χ0) is 18.0. The molecule has 3 N–H and O–H groups in total. The van der Waals surface area contributed by atoms with Crippen molar-refractivity contribution < 1.29 is 10.2 Å². The molecule has 1 aliphatic heterocycles. The van der Waals surface area contributed by atoms with Crippen LogP contribution in [0, 0.1) is 5.92 Å². The minimum absolute atomic E-state index is 0.0124. The van der Waals surface area contributed by atoms with Crippen LogP contribution in [0.2, 0.25) is 0 Å². The van der Waals surface area contributed by atoms with Gasteiger partial charge < -0.3 is 15.5 Å². The second-order valence-electron chi connectivity index (χ2n) is 6.66. The Hall–Kier alpha value is -2.67. The van der Waals surface area contributed by atoms with E-state index in [1.807, 2.05) is 24.3 Å². The quantitative estimate of drug-likeness (QED) is 0.722. The first kappa shape index (κ1) is 17.2. The number of aromatic nitrogens is 2. The number of anilines is 1. The molecule has 2 heterocycles. The zero-order valence-electron chi connectivity index (χ0n) is 14.6. The molecule has 25 heavy (non-hydrogen) atoms.